The molecule has 0 atom stereocenters. The number of fused-ring (bicyclic) bond motifs is 1. The fraction of sp³-hybridized carbons (Fsp3) is 0.250. The second kappa shape index (κ2) is 11.1. The highest BCUT2D eigenvalue weighted by atomic mass is 16.6. The Bertz CT molecular complexity index is 1530. The van der Waals surface area contributed by atoms with Crippen LogP contribution >= 0.6 is 0 Å². The van der Waals surface area contributed by atoms with E-state index in [1.807, 2.05) is 55.5 Å². The molecule has 200 valence electrons. The van der Waals surface area contributed by atoms with Crippen LogP contribution in [0.25, 0.3) is 34.1 Å². The average Bonchev–Trinajstić information content (AvgIpc) is 3.55. The van der Waals surface area contributed by atoms with Crippen molar-refractivity contribution in [3.05, 3.63) is 90.3 Å². The molecule has 0 spiro atoms. The molecule has 3 aromatic rings. The monoisotopic (exact) mass is 525 g/mol. The van der Waals surface area contributed by atoms with Gasteiger partial charge in [-0.15, -0.1) is 0 Å². The van der Waals surface area contributed by atoms with Gasteiger partial charge in [0.05, 0.1) is 18.9 Å². The second-order valence-corrected chi connectivity index (χ2v) is 9.62. The summed E-state index contributed by atoms with van der Waals surface area (Å²) in [5, 5.41) is 0. The minimum atomic E-state index is -1.08. The topological polar surface area (TPSA) is 83.9 Å². The maximum absolute atomic E-state index is 12.1. The number of aryl methyl sites for hydroxylation is 1. The van der Waals surface area contributed by atoms with Gasteiger partial charge in [0.25, 0.3) is 0 Å². The first kappa shape index (κ1) is 26.1. The van der Waals surface area contributed by atoms with Crippen molar-refractivity contribution >= 4 is 5.97 Å². The molecule has 0 saturated heterocycles. The quantitative estimate of drug-likeness (QED) is 0.176. The van der Waals surface area contributed by atoms with Crippen molar-refractivity contribution in [2.24, 2.45) is 0 Å². The number of nitrogens with zero attached hydrogens (tertiary/aromatic N) is 1. The standard InChI is InChI=1S/C32H31NO6/c1-5-35-31(34)32(3,4)39-24-16-14-23(15-17-24)36-20-19-27-21(2)37-30(33-27)26-11-7-6-10-25(26)29-18-13-22-9-8-12-28(22)38-29/h6-18H,5,19-20H2,1-4H3. The van der Waals surface area contributed by atoms with E-state index in [1.165, 1.54) is 0 Å². The number of esters is 1. The number of hydrogen-bond donors (Lipinski definition) is 0. The van der Waals surface area contributed by atoms with Gasteiger partial charge in [-0.1, -0.05) is 30.3 Å². The fourth-order valence-electron chi connectivity index (χ4n) is 4.28. The molecule has 0 fully saturated rings. The van der Waals surface area contributed by atoms with Gasteiger partial charge in [0.2, 0.25) is 5.89 Å². The number of ether oxygens (including phenoxy) is 3. The smallest absolute Gasteiger partial charge is 0.349 e. The molecule has 2 aliphatic rings. The average molecular weight is 526 g/mol. The molecule has 0 saturated carbocycles. The van der Waals surface area contributed by atoms with Gasteiger partial charge >= 0.3 is 5.97 Å². The summed E-state index contributed by atoms with van der Waals surface area (Å²) in [5.74, 6) is 3.72. The van der Waals surface area contributed by atoms with Gasteiger partial charge in [0.1, 0.15) is 28.8 Å². The minimum Gasteiger partial charge on any atom is -0.493 e. The van der Waals surface area contributed by atoms with Crippen molar-refractivity contribution in [1.82, 2.24) is 4.98 Å². The molecule has 1 aromatic heterocycles. The minimum absolute atomic E-state index is 0.304. The first-order valence-electron chi connectivity index (χ1n) is 13.0. The van der Waals surface area contributed by atoms with Crippen LogP contribution in [0.2, 0.25) is 0 Å². The number of oxazole rings is 1. The van der Waals surface area contributed by atoms with Gasteiger partial charge in [-0.05, 0) is 76.2 Å². The highest BCUT2D eigenvalue weighted by Crippen LogP contribution is 2.36. The van der Waals surface area contributed by atoms with Gasteiger partial charge in [-0.2, -0.15) is 0 Å². The molecule has 2 heterocycles. The Morgan fingerprint density at radius 2 is 1.59 bits per heavy atom. The number of hydrogen-bond acceptors (Lipinski definition) is 7. The molecule has 0 radical (unpaired) electrons. The van der Waals surface area contributed by atoms with Gasteiger partial charge in [-0.3, -0.25) is 0 Å². The van der Waals surface area contributed by atoms with Crippen molar-refractivity contribution < 1.29 is 27.8 Å². The van der Waals surface area contributed by atoms with Crippen LogP contribution in [0.15, 0.2) is 87.7 Å². The van der Waals surface area contributed by atoms with Crippen molar-refractivity contribution in [2.75, 3.05) is 13.2 Å². The summed E-state index contributed by atoms with van der Waals surface area (Å²) < 4.78 is 29.0. The third-order valence-corrected chi connectivity index (χ3v) is 6.33. The Morgan fingerprint density at radius 1 is 0.846 bits per heavy atom. The molecule has 5 rings (SSSR count). The van der Waals surface area contributed by atoms with Crippen LogP contribution < -0.4 is 9.47 Å². The molecule has 0 unspecified atom stereocenters. The van der Waals surface area contributed by atoms with Crippen molar-refractivity contribution in [3.63, 3.8) is 0 Å². The SMILES string of the molecule is CCOC(=O)C(C)(C)Oc1ccc(OCCc2nc(-c3ccccc3-c3ccc4cccc-4o3)oc2C)cc1. The molecule has 1 aliphatic heterocycles. The predicted molar refractivity (Wildman–Crippen MR) is 148 cm³/mol. The van der Waals surface area contributed by atoms with E-state index in [9.17, 15) is 4.79 Å². The lowest BCUT2D eigenvalue weighted by molar-refractivity contribution is -0.158. The lowest BCUT2D eigenvalue weighted by atomic mass is 10.0. The Hall–Kier alpha value is -4.52. The molecule has 1 aliphatic carbocycles. The van der Waals surface area contributed by atoms with Crippen LogP contribution in [-0.2, 0) is 16.0 Å². The number of benzene rings is 2. The van der Waals surface area contributed by atoms with E-state index in [-0.39, 0.29) is 0 Å². The first-order chi connectivity index (χ1) is 18.8. The van der Waals surface area contributed by atoms with E-state index in [2.05, 4.69) is 6.07 Å². The number of carbonyl (C=O) groups is 1. The summed E-state index contributed by atoms with van der Waals surface area (Å²) in [6, 6.07) is 25.1. The van der Waals surface area contributed by atoms with Gasteiger partial charge < -0.3 is 23.0 Å². The van der Waals surface area contributed by atoms with E-state index in [1.54, 1.807) is 45.0 Å². The van der Waals surface area contributed by atoms with E-state index in [0.717, 1.165) is 39.7 Å². The lowest BCUT2D eigenvalue weighted by Gasteiger charge is -2.24. The zero-order valence-corrected chi connectivity index (χ0v) is 22.5. The molecule has 7 heteroatoms. The Balaban J connectivity index is 1.24. The van der Waals surface area contributed by atoms with Crippen molar-refractivity contribution in [1.29, 1.82) is 0 Å². The largest absolute Gasteiger partial charge is 0.493 e. The molecular weight excluding hydrogens is 494 g/mol. The Morgan fingerprint density at radius 3 is 2.36 bits per heavy atom. The van der Waals surface area contributed by atoms with Crippen molar-refractivity contribution in [3.8, 4) is 45.6 Å². The number of aromatic nitrogens is 1. The van der Waals surface area contributed by atoms with Gasteiger partial charge in [0.15, 0.2) is 5.60 Å². The van der Waals surface area contributed by atoms with Crippen LogP contribution in [0.1, 0.15) is 32.2 Å². The van der Waals surface area contributed by atoms with Gasteiger partial charge in [-0.25, -0.2) is 9.78 Å². The van der Waals surface area contributed by atoms with Crippen molar-refractivity contribution in [2.45, 2.75) is 39.7 Å². The van der Waals surface area contributed by atoms with Gasteiger partial charge in [0, 0.05) is 23.1 Å². The molecule has 39 heavy (non-hydrogen) atoms. The zero-order chi connectivity index (χ0) is 27.4. The van der Waals surface area contributed by atoms with E-state index < -0.39 is 11.6 Å². The van der Waals surface area contributed by atoms with E-state index >= 15 is 0 Å². The molecule has 0 N–H and O–H groups in total. The molecular formula is C32H31NO6. The summed E-state index contributed by atoms with van der Waals surface area (Å²) in [5.41, 5.74) is 2.60. The third-order valence-electron chi connectivity index (χ3n) is 6.33. The summed E-state index contributed by atoms with van der Waals surface area (Å²) in [6.45, 7) is 7.76. The highest BCUT2D eigenvalue weighted by Gasteiger charge is 2.31. The van der Waals surface area contributed by atoms with E-state index in [4.69, 9.17) is 28.0 Å². The second-order valence-electron chi connectivity index (χ2n) is 9.62. The maximum atomic E-state index is 12.1. The van der Waals surface area contributed by atoms with Crippen LogP contribution in [0.5, 0.6) is 11.5 Å². The third kappa shape index (κ3) is 5.82. The highest BCUT2D eigenvalue weighted by molar-refractivity contribution is 5.79. The van der Waals surface area contributed by atoms with Crippen LogP contribution in [0, 0.1) is 6.92 Å². The Kier molecular flexibility index (Phi) is 7.41. The number of carbonyl (C=O) groups excluding carboxylic acids is 1. The predicted octanol–water partition coefficient (Wildman–Crippen LogP) is 7.36. The zero-order valence-electron chi connectivity index (χ0n) is 22.5. The normalized spacial score (nSPS) is 11.5. The fourth-order valence-corrected chi connectivity index (χ4v) is 4.28. The molecule has 0 bridgehead atoms. The maximum Gasteiger partial charge on any atom is 0.349 e. The molecule has 7 nitrogen and oxygen atoms in total. The molecule has 2 aromatic carbocycles. The summed E-state index contributed by atoms with van der Waals surface area (Å²) in [7, 11) is 0. The Labute approximate surface area is 227 Å². The van der Waals surface area contributed by atoms with E-state index in [0.29, 0.717) is 37.0 Å². The first-order valence-corrected chi connectivity index (χ1v) is 13.0. The van der Waals surface area contributed by atoms with Crippen LogP contribution in [0.4, 0.5) is 0 Å². The summed E-state index contributed by atoms with van der Waals surface area (Å²) >= 11 is 0. The summed E-state index contributed by atoms with van der Waals surface area (Å²) in [6.07, 6.45) is 0.579. The van der Waals surface area contributed by atoms with Crippen LogP contribution in [-0.4, -0.2) is 29.8 Å². The van der Waals surface area contributed by atoms with Crippen LogP contribution in [0.3, 0.4) is 0 Å². The molecule has 0 amide bonds. The number of rotatable bonds is 10. The summed E-state index contributed by atoms with van der Waals surface area (Å²) in [4.78, 5) is 16.9. The lowest BCUT2D eigenvalue weighted by Crippen LogP contribution is -2.39.